The van der Waals surface area contributed by atoms with Gasteiger partial charge in [0.25, 0.3) is 11.8 Å². The summed E-state index contributed by atoms with van der Waals surface area (Å²) in [7, 11) is 0. The van der Waals surface area contributed by atoms with E-state index in [1.165, 1.54) is 4.90 Å². The Balaban J connectivity index is 1.49. The number of aryl methyl sites for hydroxylation is 1. The maximum Gasteiger partial charge on any atom is 0.333 e. The molecule has 2 fully saturated rings. The number of rotatable bonds is 15. The zero-order valence-corrected chi connectivity index (χ0v) is 26.2. The van der Waals surface area contributed by atoms with E-state index in [9.17, 15) is 28.8 Å². The molecule has 0 radical (unpaired) electrons. The highest BCUT2D eigenvalue weighted by molar-refractivity contribution is 6.01. The van der Waals surface area contributed by atoms with Gasteiger partial charge in [0.2, 0.25) is 5.91 Å². The van der Waals surface area contributed by atoms with Gasteiger partial charge in [-0.05, 0) is 78.2 Å². The van der Waals surface area contributed by atoms with E-state index in [0.29, 0.717) is 56.6 Å². The van der Waals surface area contributed by atoms with Crippen molar-refractivity contribution in [1.82, 2.24) is 15.3 Å². The average Bonchev–Trinajstić information content (AvgIpc) is 3.59. The number of nitrogens with zero attached hydrogens (tertiary/aromatic N) is 2. The number of unbranched alkanes of at least 4 members (excludes halogenated alkanes) is 2. The Morgan fingerprint density at radius 1 is 1.00 bits per heavy atom. The fraction of sp³-hybridized carbons (Fsp3) is 0.625. The minimum atomic E-state index is -0.762. The number of benzene rings is 1. The maximum atomic E-state index is 13.4. The lowest BCUT2D eigenvalue weighted by atomic mass is 10.0. The van der Waals surface area contributed by atoms with Crippen LogP contribution < -0.4 is 5.32 Å². The lowest BCUT2D eigenvalue weighted by Gasteiger charge is -2.30. The first-order valence-corrected chi connectivity index (χ1v) is 15.4. The first kappa shape index (κ1) is 34.7. The molecule has 2 aliphatic heterocycles. The van der Waals surface area contributed by atoms with Gasteiger partial charge in [-0.15, -0.1) is 5.06 Å². The van der Waals surface area contributed by atoms with Crippen molar-refractivity contribution in [1.29, 1.82) is 0 Å². The molecule has 2 aliphatic rings. The predicted molar refractivity (Wildman–Crippen MR) is 158 cm³/mol. The van der Waals surface area contributed by atoms with Crippen molar-refractivity contribution in [3.8, 4) is 0 Å². The van der Waals surface area contributed by atoms with Crippen LogP contribution in [0.1, 0.15) is 91.0 Å². The summed E-state index contributed by atoms with van der Waals surface area (Å²) in [4.78, 5) is 80.8. The average molecular weight is 616 g/mol. The van der Waals surface area contributed by atoms with E-state index in [2.05, 4.69) is 5.32 Å². The largest absolute Gasteiger partial charge is 0.465 e. The topological polar surface area (TPSA) is 149 Å². The Labute approximate surface area is 258 Å². The van der Waals surface area contributed by atoms with E-state index in [0.717, 1.165) is 5.56 Å². The van der Waals surface area contributed by atoms with Crippen molar-refractivity contribution in [2.45, 2.75) is 116 Å². The van der Waals surface area contributed by atoms with Crippen molar-refractivity contribution < 1.29 is 43.1 Å². The van der Waals surface area contributed by atoms with Crippen LogP contribution in [0, 0.1) is 0 Å². The lowest BCUT2D eigenvalue weighted by molar-refractivity contribution is -0.197. The second kappa shape index (κ2) is 16.3. The molecule has 2 heterocycles. The molecule has 0 spiro atoms. The first-order chi connectivity index (χ1) is 20.9. The molecule has 1 aromatic carbocycles. The quantitative estimate of drug-likeness (QED) is 0.177. The van der Waals surface area contributed by atoms with E-state index < -0.39 is 53.4 Å². The Morgan fingerprint density at radius 3 is 2.34 bits per heavy atom. The number of imide groups is 1. The van der Waals surface area contributed by atoms with Gasteiger partial charge in [-0.25, -0.2) is 9.59 Å². The third-order valence-electron chi connectivity index (χ3n) is 7.35. The molecule has 0 saturated carbocycles. The standard InChI is InChI=1S/C32H45N3O9/c1-22(29(39)34-20-11-14-25(34)31(41)43-32(2,3)4)33-24(17-16-23-12-7-5-8-13-23)30(40)42-21-10-6-9-15-28(38)44-35-26(36)18-19-27(35)37/h5,7-8,12-13,22,24-25,33H,6,9-11,14-21H2,1-4H3. The number of carbonyl (C=O) groups is 6. The third-order valence-corrected chi connectivity index (χ3v) is 7.35. The summed E-state index contributed by atoms with van der Waals surface area (Å²) >= 11 is 0. The van der Waals surface area contributed by atoms with Crippen LogP contribution >= 0.6 is 0 Å². The molecule has 1 aromatic rings. The van der Waals surface area contributed by atoms with E-state index in [1.54, 1.807) is 27.7 Å². The van der Waals surface area contributed by atoms with Crippen LogP contribution in [0.2, 0.25) is 0 Å². The van der Waals surface area contributed by atoms with Gasteiger partial charge in [-0.2, -0.15) is 0 Å². The van der Waals surface area contributed by atoms with E-state index >= 15 is 0 Å². The van der Waals surface area contributed by atoms with Crippen LogP contribution in [-0.2, 0) is 49.5 Å². The molecular weight excluding hydrogens is 570 g/mol. The summed E-state index contributed by atoms with van der Waals surface area (Å²) in [6.45, 7) is 7.60. The number of hydroxylamine groups is 2. The van der Waals surface area contributed by atoms with E-state index in [-0.39, 0.29) is 31.8 Å². The maximum absolute atomic E-state index is 13.4. The van der Waals surface area contributed by atoms with Crippen LogP contribution in [0.3, 0.4) is 0 Å². The molecule has 1 N–H and O–H groups in total. The summed E-state index contributed by atoms with van der Waals surface area (Å²) < 4.78 is 11.1. The van der Waals surface area contributed by atoms with Gasteiger partial charge in [0, 0.05) is 25.8 Å². The molecule has 2 saturated heterocycles. The number of nitrogens with one attached hydrogen (secondary N) is 1. The fourth-order valence-corrected chi connectivity index (χ4v) is 5.12. The highest BCUT2D eigenvalue weighted by atomic mass is 16.7. The third kappa shape index (κ3) is 10.7. The van der Waals surface area contributed by atoms with Crippen molar-refractivity contribution in [3.63, 3.8) is 0 Å². The molecule has 3 unspecified atom stereocenters. The highest BCUT2D eigenvalue weighted by Gasteiger charge is 2.39. The molecule has 12 heteroatoms. The Hall–Kier alpha value is -3.80. The zero-order valence-electron chi connectivity index (χ0n) is 26.2. The van der Waals surface area contributed by atoms with Gasteiger partial charge >= 0.3 is 17.9 Å². The molecule has 44 heavy (non-hydrogen) atoms. The van der Waals surface area contributed by atoms with Crippen LogP contribution in [0.15, 0.2) is 30.3 Å². The van der Waals surface area contributed by atoms with Crippen molar-refractivity contribution >= 4 is 35.6 Å². The van der Waals surface area contributed by atoms with Gasteiger partial charge < -0.3 is 19.2 Å². The number of esters is 2. The molecule has 0 bridgehead atoms. The second-order valence-electron chi connectivity index (χ2n) is 12.2. The van der Waals surface area contributed by atoms with Crippen LogP contribution in [0.25, 0.3) is 0 Å². The van der Waals surface area contributed by atoms with Gasteiger partial charge in [-0.3, -0.25) is 24.5 Å². The molecule has 3 amide bonds. The second-order valence-corrected chi connectivity index (χ2v) is 12.2. The van der Waals surface area contributed by atoms with Crippen LogP contribution in [0.5, 0.6) is 0 Å². The predicted octanol–water partition coefficient (Wildman–Crippen LogP) is 3.01. The lowest BCUT2D eigenvalue weighted by Crippen LogP contribution is -2.54. The molecule has 0 aliphatic carbocycles. The van der Waals surface area contributed by atoms with Crippen LogP contribution in [-0.4, -0.2) is 82.5 Å². The van der Waals surface area contributed by atoms with E-state index in [4.69, 9.17) is 14.3 Å². The summed E-state index contributed by atoms with van der Waals surface area (Å²) in [6, 6.07) is 7.52. The van der Waals surface area contributed by atoms with Crippen molar-refractivity contribution in [2.24, 2.45) is 0 Å². The summed E-state index contributed by atoms with van der Waals surface area (Å²) in [5, 5.41) is 3.67. The summed E-state index contributed by atoms with van der Waals surface area (Å²) in [6.07, 6.45) is 3.78. The monoisotopic (exact) mass is 615 g/mol. The fourth-order valence-electron chi connectivity index (χ4n) is 5.12. The molecule has 0 aromatic heterocycles. The van der Waals surface area contributed by atoms with Crippen molar-refractivity contribution in [2.75, 3.05) is 13.2 Å². The summed E-state index contributed by atoms with van der Waals surface area (Å²) in [5.41, 5.74) is 0.377. The van der Waals surface area contributed by atoms with Crippen molar-refractivity contribution in [3.05, 3.63) is 35.9 Å². The number of likely N-dealkylation sites (tertiary alicyclic amines) is 1. The smallest absolute Gasteiger partial charge is 0.333 e. The normalized spacial score (nSPS) is 18.2. The summed E-state index contributed by atoms with van der Waals surface area (Å²) in [5.74, 6) is -2.91. The molecule has 12 nitrogen and oxygen atoms in total. The Morgan fingerprint density at radius 2 is 1.68 bits per heavy atom. The number of hydrogen-bond acceptors (Lipinski definition) is 10. The molecule has 3 atom stereocenters. The zero-order chi connectivity index (χ0) is 32.3. The van der Waals surface area contributed by atoms with Crippen LogP contribution in [0.4, 0.5) is 0 Å². The molecule has 242 valence electrons. The minimum absolute atomic E-state index is 0.0205. The SMILES string of the molecule is CC(NC(CCc1ccccc1)C(=O)OCCCCCC(=O)ON1C(=O)CCC1=O)C(=O)N1CCCC1C(=O)OC(C)(C)C. The highest BCUT2D eigenvalue weighted by Crippen LogP contribution is 2.22. The number of carbonyl (C=O) groups excluding carboxylic acids is 6. The van der Waals surface area contributed by atoms with Gasteiger partial charge in [-0.1, -0.05) is 30.3 Å². The van der Waals surface area contributed by atoms with Gasteiger partial charge in [0.1, 0.15) is 17.7 Å². The number of hydrogen-bond donors (Lipinski definition) is 1. The Bertz CT molecular complexity index is 1170. The number of ether oxygens (including phenoxy) is 2. The molecule has 3 rings (SSSR count). The Kier molecular flexibility index (Phi) is 12.9. The van der Waals surface area contributed by atoms with Gasteiger partial charge in [0.15, 0.2) is 0 Å². The van der Waals surface area contributed by atoms with Gasteiger partial charge in [0.05, 0.1) is 12.6 Å². The molecular formula is C32H45N3O9. The minimum Gasteiger partial charge on any atom is -0.465 e. The number of amides is 3. The first-order valence-electron chi connectivity index (χ1n) is 15.4. The van der Waals surface area contributed by atoms with E-state index in [1.807, 2.05) is 30.3 Å².